The molecule has 2 aliphatic rings. The van der Waals surface area contributed by atoms with Gasteiger partial charge in [0, 0.05) is 11.8 Å². The Bertz CT molecular complexity index is 1080. The second kappa shape index (κ2) is 9.04. The third kappa shape index (κ3) is 5.30. The number of sulfone groups is 1. The number of methoxy groups -OCH3 is 1. The number of aliphatic imine (C=N–C) groups is 1. The van der Waals surface area contributed by atoms with Crippen molar-refractivity contribution in [2.75, 3.05) is 25.2 Å². The molecule has 0 spiro atoms. The fourth-order valence-corrected chi connectivity index (χ4v) is 7.96. The standard InChI is InChI=1S/C23H26N2O4S2/c1-16-3-5-18(6-4-16)13-22(26)24-23-25(20-14-31(27,28)15-21(20)30-23)12-11-17-7-9-19(29-2)10-8-17/h3-10,20-21H,11-15H2,1-2H3/t20-,21+/m0/s1. The number of nitrogens with zero attached hydrogens (tertiary/aromatic N) is 2. The summed E-state index contributed by atoms with van der Waals surface area (Å²) in [5.41, 5.74) is 3.20. The fourth-order valence-electron chi connectivity index (χ4n) is 3.97. The molecule has 2 aromatic carbocycles. The summed E-state index contributed by atoms with van der Waals surface area (Å²) in [4.78, 5) is 19.1. The average Bonchev–Trinajstić information content (AvgIpc) is 3.19. The first-order valence-corrected chi connectivity index (χ1v) is 13.0. The van der Waals surface area contributed by atoms with E-state index in [0.717, 1.165) is 28.9 Å². The minimum atomic E-state index is -3.05. The molecule has 2 fully saturated rings. The van der Waals surface area contributed by atoms with E-state index >= 15 is 0 Å². The zero-order valence-electron chi connectivity index (χ0n) is 17.7. The van der Waals surface area contributed by atoms with Gasteiger partial charge < -0.3 is 9.64 Å². The Labute approximate surface area is 187 Å². The monoisotopic (exact) mass is 458 g/mol. The zero-order valence-corrected chi connectivity index (χ0v) is 19.3. The molecule has 0 aliphatic carbocycles. The zero-order chi connectivity index (χ0) is 22.0. The molecular formula is C23H26N2O4S2. The number of ether oxygens (including phenoxy) is 1. The van der Waals surface area contributed by atoms with Crippen LogP contribution in [0.2, 0.25) is 0 Å². The number of hydrogen-bond donors (Lipinski definition) is 0. The number of benzene rings is 2. The topological polar surface area (TPSA) is 76.0 Å². The van der Waals surface area contributed by atoms with Crippen molar-refractivity contribution in [3.8, 4) is 5.75 Å². The van der Waals surface area contributed by atoms with E-state index in [2.05, 4.69) is 4.99 Å². The number of aryl methyl sites for hydroxylation is 1. The van der Waals surface area contributed by atoms with Crippen LogP contribution in [-0.2, 0) is 27.5 Å². The van der Waals surface area contributed by atoms with Crippen LogP contribution in [0.3, 0.4) is 0 Å². The molecule has 6 nitrogen and oxygen atoms in total. The van der Waals surface area contributed by atoms with Crippen LogP contribution in [0.5, 0.6) is 5.75 Å². The molecule has 2 heterocycles. The first-order chi connectivity index (χ1) is 14.8. The van der Waals surface area contributed by atoms with Gasteiger partial charge in [0.05, 0.1) is 31.1 Å². The molecule has 31 heavy (non-hydrogen) atoms. The first kappa shape index (κ1) is 21.9. The van der Waals surface area contributed by atoms with Gasteiger partial charge in [0.25, 0.3) is 5.91 Å². The maximum atomic E-state index is 12.6. The number of fused-ring (bicyclic) bond motifs is 1. The predicted octanol–water partition coefficient (Wildman–Crippen LogP) is 2.89. The van der Waals surface area contributed by atoms with Crippen LogP contribution in [0.1, 0.15) is 16.7 Å². The van der Waals surface area contributed by atoms with E-state index in [9.17, 15) is 13.2 Å². The van der Waals surface area contributed by atoms with Crippen molar-refractivity contribution in [2.45, 2.75) is 31.1 Å². The molecule has 2 aromatic rings. The molecule has 0 saturated carbocycles. The summed E-state index contributed by atoms with van der Waals surface area (Å²) in [7, 11) is -1.42. The van der Waals surface area contributed by atoms with Gasteiger partial charge >= 0.3 is 0 Å². The third-order valence-corrected chi connectivity index (χ3v) is 8.92. The van der Waals surface area contributed by atoms with Crippen molar-refractivity contribution in [3.05, 3.63) is 65.2 Å². The van der Waals surface area contributed by atoms with Gasteiger partial charge in [-0.05, 0) is 36.6 Å². The summed E-state index contributed by atoms with van der Waals surface area (Å²) in [5, 5.41) is 0.585. The molecule has 0 radical (unpaired) electrons. The molecule has 2 atom stereocenters. The maximum Gasteiger partial charge on any atom is 0.252 e. The molecule has 1 amide bonds. The largest absolute Gasteiger partial charge is 0.497 e. The van der Waals surface area contributed by atoms with Crippen molar-refractivity contribution in [2.24, 2.45) is 4.99 Å². The highest BCUT2D eigenvalue weighted by Gasteiger charge is 2.48. The second-order valence-electron chi connectivity index (χ2n) is 8.04. The lowest BCUT2D eigenvalue weighted by atomic mass is 10.1. The van der Waals surface area contributed by atoms with E-state index in [0.29, 0.717) is 11.7 Å². The Hall–Kier alpha value is -2.32. The van der Waals surface area contributed by atoms with Gasteiger partial charge in [-0.25, -0.2) is 8.42 Å². The number of amidine groups is 1. The smallest absolute Gasteiger partial charge is 0.252 e. The van der Waals surface area contributed by atoms with Crippen molar-refractivity contribution in [1.82, 2.24) is 4.90 Å². The van der Waals surface area contributed by atoms with E-state index in [4.69, 9.17) is 4.74 Å². The summed E-state index contributed by atoms with van der Waals surface area (Å²) in [5.74, 6) is 0.861. The second-order valence-corrected chi connectivity index (χ2v) is 11.4. The van der Waals surface area contributed by atoms with Crippen LogP contribution in [0.25, 0.3) is 0 Å². The molecule has 0 N–H and O–H groups in total. The van der Waals surface area contributed by atoms with Crippen LogP contribution < -0.4 is 4.74 Å². The normalized spacial score (nSPS) is 23.2. The molecule has 0 bridgehead atoms. The quantitative estimate of drug-likeness (QED) is 0.663. The van der Waals surface area contributed by atoms with Gasteiger partial charge in [-0.3, -0.25) is 4.79 Å². The summed E-state index contributed by atoms with van der Waals surface area (Å²) in [6.07, 6.45) is 0.975. The molecular weight excluding hydrogens is 432 g/mol. The van der Waals surface area contributed by atoms with Crippen LogP contribution in [-0.4, -0.2) is 60.8 Å². The predicted molar refractivity (Wildman–Crippen MR) is 125 cm³/mol. The van der Waals surface area contributed by atoms with Gasteiger partial charge in [0.2, 0.25) is 0 Å². The number of carbonyl (C=O) groups excluding carboxylic acids is 1. The molecule has 4 rings (SSSR count). The third-order valence-electron chi connectivity index (χ3n) is 5.67. The van der Waals surface area contributed by atoms with Crippen molar-refractivity contribution in [1.29, 1.82) is 0 Å². The Morgan fingerprint density at radius 3 is 2.45 bits per heavy atom. The SMILES string of the molecule is COc1ccc(CCN2C(=NC(=O)Cc3ccc(C)cc3)S[C@@H]3CS(=O)(=O)C[C@@H]32)cc1. The van der Waals surface area contributed by atoms with Crippen LogP contribution in [0.4, 0.5) is 0 Å². The summed E-state index contributed by atoms with van der Waals surface area (Å²) in [6.45, 7) is 2.63. The van der Waals surface area contributed by atoms with E-state index in [1.54, 1.807) is 7.11 Å². The Balaban J connectivity index is 1.49. The lowest BCUT2D eigenvalue weighted by Gasteiger charge is -2.24. The minimum absolute atomic E-state index is 0.0632. The first-order valence-electron chi connectivity index (χ1n) is 10.3. The van der Waals surface area contributed by atoms with Crippen molar-refractivity contribution < 1.29 is 17.9 Å². The number of rotatable bonds is 6. The summed E-state index contributed by atoms with van der Waals surface area (Å²) < 4.78 is 29.5. The molecule has 0 aromatic heterocycles. The van der Waals surface area contributed by atoms with Crippen LogP contribution in [0, 0.1) is 6.92 Å². The lowest BCUT2D eigenvalue weighted by molar-refractivity contribution is -0.117. The molecule has 2 saturated heterocycles. The maximum absolute atomic E-state index is 12.6. The number of thioether (sulfide) groups is 1. The highest BCUT2D eigenvalue weighted by atomic mass is 32.2. The fraction of sp³-hybridized carbons (Fsp3) is 0.391. The molecule has 0 unspecified atom stereocenters. The Morgan fingerprint density at radius 2 is 1.77 bits per heavy atom. The number of carbonyl (C=O) groups is 1. The van der Waals surface area contributed by atoms with Crippen LogP contribution in [0.15, 0.2) is 53.5 Å². The molecule has 8 heteroatoms. The lowest BCUT2D eigenvalue weighted by Crippen LogP contribution is -2.39. The van der Waals surface area contributed by atoms with Gasteiger partial charge in [-0.15, -0.1) is 0 Å². The van der Waals surface area contributed by atoms with E-state index in [1.807, 2.05) is 60.4 Å². The van der Waals surface area contributed by atoms with Crippen LogP contribution >= 0.6 is 11.8 Å². The highest BCUT2D eigenvalue weighted by Crippen LogP contribution is 2.38. The van der Waals surface area contributed by atoms with Gasteiger partial charge in [-0.2, -0.15) is 4.99 Å². The van der Waals surface area contributed by atoms with E-state index in [1.165, 1.54) is 11.8 Å². The van der Waals surface area contributed by atoms with Gasteiger partial charge in [0.1, 0.15) is 5.75 Å². The van der Waals surface area contributed by atoms with Gasteiger partial charge in [0.15, 0.2) is 15.0 Å². The number of amides is 1. The Kier molecular flexibility index (Phi) is 6.39. The molecule has 2 aliphatic heterocycles. The highest BCUT2D eigenvalue weighted by molar-refractivity contribution is 8.15. The summed E-state index contributed by atoms with van der Waals surface area (Å²) >= 11 is 1.43. The number of hydrogen-bond acceptors (Lipinski definition) is 5. The van der Waals surface area contributed by atoms with E-state index < -0.39 is 9.84 Å². The average molecular weight is 459 g/mol. The van der Waals surface area contributed by atoms with Crippen molar-refractivity contribution >= 4 is 32.7 Å². The minimum Gasteiger partial charge on any atom is -0.497 e. The summed E-state index contributed by atoms with van der Waals surface area (Å²) in [6, 6.07) is 15.6. The molecule has 164 valence electrons. The van der Waals surface area contributed by atoms with Gasteiger partial charge in [-0.1, -0.05) is 53.7 Å². The Morgan fingerprint density at radius 1 is 1.10 bits per heavy atom. The van der Waals surface area contributed by atoms with Crippen molar-refractivity contribution in [3.63, 3.8) is 0 Å². The van der Waals surface area contributed by atoms with E-state index in [-0.39, 0.29) is 35.1 Å².